The molecular weight excluding hydrogens is 409 g/mol. The van der Waals surface area contributed by atoms with E-state index in [1.165, 1.54) is 12.1 Å². The minimum absolute atomic E-state index is 0.208. The van der Waals surface area contributed by atoms with Crippen molar-refractivity contribution in [2.45, 2.75) is 32.9 Å². The first-order valence-electron chi connectivity index (χ1n) is 10.7. The molecule has 0 saturated carbocycles. The first-order chi connectivity index (χ1) is 15.5. The highest BCUT2D eigenvalue weighted by atomic mass is 19.1. The van der Waals surface area contributed by atoms with Crippen molar-refractivity contribution in [3.8, 4) is 11.5 Å². The maximum atomic E-state index is 13.6. The normalized spacial score (nSPS) is 10.6. The summed E-state index contributed by atoms with van der Waals surface area (Å²) in [4.78, 5) is 14.9. The molecule has 6 nitrogen and oxygen atoms in total. The molecule has 2 amide bonds. The van der Waals surface area contributed by atoms with Gasteiger partial charge in [-0.2, -0.15) is 0 Å². The standard InChI is InChI=1S/C25H30FN3O3/c1-4-5-13-29(25(30)27-23-12-11-22(31-2)16-24(23)32-3)18-21-10-7-14-28(21)17-19-8-6-9-20(26)15-19/h6-12,14-16H,4-5,13,17-18H2,1-3H3,(H,27,30). The van der Waals surface area contributed by atoms with Gasteiger partial charge < -0.3 is 24.3 Å². The van der Waals surface area contributed by atoms with Gasteiger partial charge in [0.2, 0.25) is 0 Å². The van der Waals surface area contributed by atoms with Gasteiger partial charge in [-0.1, -0.05) is 25.5 Å². The summed E-state index contributed by atoms with van der Waals surface area (Å²) in [6, 6.07) is 15.6. The van der Waals surface area contributed by atoms with Crippen LogP contribution in [-0.4, -0.2) is 36.3 Å². The van der Waals surface area contributed by atoms with Crippen molar-refractivity contribution < 1.29 is 18.7 Å². The van der Waals surface area contributed by atoms with Gasteiger partial charge >= 0.3 is 6.03 Å². The molecular formula is C25H30FN3O3. The van der Waals surface area contributed by atoms with Gasteiger partial charge in [0.15, 0.2) is 0 Å². The fourth-order valence-electron chi connectivity index (χ4n) is 3.47. The number of methoxy groups -OCH3 is 2. The number of carbonyl (C=O) groups is 1. The predicted octanol–water partition coefficient (Wildman–Crippen LogP) is 5.53. The zero-order valence-corrected chi connectivity index (χ0v) is 18.8. The van der Waals surface area contributed by atoms with E-state index in [0.29, 0.717) is 36.8 Å². The van der Waals surface area contributed by atoms with Gasteiger partial charge in [-0.3, -0.25) is 0 Å². The van der Waals surface area contributed by atoms with E-state index in [-0.39, 0.29) is 11.8 Å². The maximum absolute atomic E-state index is 13.6. The van der Waals surface area contributed by atoms with Crippen LogP contribution in [0.1, 0.15) is 31.0 Å². The summed E-state index contributed by atoms with van der Waals surface area (Å²) in [5.41, 5.74) is 2.42. The van der Waals surface area contributed by atoms with Crippen molar-refractivity contribution >= 4 is 11.7 Å². The van der Waals surface area contributed by atoms with Crippen molar-refractivity contribution in [3.05, 3.63) is 77.9 Å². The lowest BCUT2D eigenvalue weighted by atomic mass is 10.2. The molecule has 0 spiro atoms. The zero-order valence-electron chi connectivity index (χ0n) is 18.8. The molecule has 0 aliphatic heterocycles. The molecule has 0 atom stereocenters. The molecule has 3 aromatic rings. The zero-order chi connectivity index (χ0) is 22.9. The predicted molar refractivity (Wildman–Crippen MR) is 124 cm³/mol. The number of ether oxygens (including phenoxy) is 2. The SMILES string of the molecule is CCCCN(Cc1cccn1Cc1cccc(F)c1)C(=O)Nc1ccc(OC)cc1OC. The Balaban J connectivity index is 1.76. The second kappa shape index (κ2) is 11.2. The van der Waals surface area contributed by atoms with Gasteiger partial charge in [-0.25, -0.2) is 9.18 Å². The van der Waals surface area contributed by atoms with Crippen LogP contribution in [0.2, 0.25) is 0 Å². The van der Waals surface area contributed by atoms with E-state index in [1.54, 1.807) is 43.4 Å². The number of carbonyl (C=O) groups excluding carboxylic acids is 1. The number of anilines is 1. The smallest absolute Gasteiger partial charge is 0.322 e. The molecule has 1 aromatic heterocycles. The highest BCUT2D eigenvalue weighted by Gasteiger charge is 2.18. The minimum atomic E-state index is -0.256. The summed E-state index contributed by atoms with van der Waals surface area (Å²) < 4.78 is 26.2. The van der Waals surface area contributed by atoms with E-state index >= 15 is 0 Å². The molecule has 32 heavy (non-hydrogen) atoms. The van der Waals surface area contributed by atoms with Crippen LogP contribution in [-0.2, 0) is 13.1 Å². The molecule has 0 aliphatic rings. The lowest BCUT2D eigenvalue weighted by Crippen LogP contribution is -2.36. The van der Waals surface area contributed by atoms with Crippen LogP contribution in [0.3, 0.4) is 0 Å². The Kier molecular flexibility index (Phi) is 8.14. The third kappa shape index (κ3) is 6.03. The number of hydrogen-bond acceptors (Lipinski definition) is 3. The maximum Gasteiger partial charge on any atom is 0.322 e. The van der Waals surface area contributed by atoms with E-state index < -0.39 is 0 Å². The van der Waals surface area contributed by atoms with E-state index in [0.717, 1.165) is 24.1 Å². The van der Waals surface area contributed by atoms with Gasteiger partial charge in [0.1, 0.15) is 17.3 Å². The molecule has 7 heteroatoms. The second-order valence-electron chi connectivity index (χ2n) is 7.53. The number of amides is 2. The summed E-state index contributed by atoms with van der Waals surface area (Å²) >= 11 is 0. The van der Waals surface area contributed by atoms with E-state index in [1.807, 2.05) is 29.0 Å². The Labute approximate surface area is 188 Å². The van der Waals surface area contributed by atoms with Crippen LogP contribution in [0, 0.1) is 5.82 Å². The average molecular weight is 440 g/mol. The minimum Gasteiger partial charge on any atom is -0.497 e. The molecule has 0 fully saturated rings. The van der Waals surface area contributed by atoms with Gasteiger partial charge in [0.05, 0.1) is 26.5 Å². The quantitative estimate of drug-likeness (QED) is 0.452. The Morgan fingerprint density at radius 1 is 1.09 bits per heavy atom. The summed E-state index contributed by atoms with van der Waals surface area (Å²) in [5.74, 6) is 0.925. The van der Waals surface area contributed by atoms with Crippen molar-refractivity contribution in [1.29, 1.82) is 0 Å². The summed E-state index contributed by atoms with van der Waals surface area (Å²) in [5, 5.41) is 2.96. The molecule has 0 saturated heterocycles. The number of aromatic nitrogens is 1. The Bertz CT molecular complexity index is 1030. The number of halogens is 1. The molecule has 3 rings (SSSR count). The van der Waals surface area contributed by atoms with Gasteiger partial charge in [-0.15, -0.1) is 0 Å². The number of benzene rings is 2. The first kappa shape index (κ1) is 23.2. The molecule has 0 bridgehead atoms. The monoisotopic (exact) mass is 439 g/mol. The first-order valence-corrected chi connectivity index (χ1v) is 10.7. The highest BCUT2D eigenvalue weighted by Crippen LogP contribution is 2.29. The van der Waals surface area contributed by atoms with Gasteiger partial charge in [-0.05, 0) is 48.4 Å². The van der Waals surface area contributed by atoms with Crippen LogP contribution in [0.25, 0.3) is 0 Å². The molecule has 0 radical (unpaired) electrons. The largest absolute Gasteiger partial charge is 0.497 e. The van der Waals surface area contributed by atoms with Crippen LogP contribution < -0.4 is 14.8 Å². The second-order valence-corrected chi connectivity index (χ2v) is 7.53. The lowest BCUT2D eigenvalue weighted by Gasteiger charge is -2.24. The summed E-state index contributed by atoms with van der Waals surface area (Å²) in [6.45, 7) is 3.68. The average Bonchev–Trinajstić information content (AvgIpc) is 3.23. The van der Waals surface area contributed by atoms with E-state index in [2.05, 4.69) is 12.2 Å². The third-order valence-electron chi connectivity index (χ3n) is 5.24. The summed E-state index contributed by atoms with van der Waals surface area (Å²) in [7, 11) is 3.14. The van der Waals surface area contributed by atoms with Crippen molar-refractivity contribution in [2.75, 3.05) is 26.1 Å². The number of rotatable bonds is 10. The van der Waals surface area contributed by atoms with Crippen molar-refractivity contribution in [3.63, 3.8) is 0 Å². The Morgan fingerprint density at radius 2 is 1.94 bits per heavy atom. The Hall–Kier alpha value is -3.48. The van der Waals surface area contributed by atoms with Crippen LogP contribution in [0.4, 0.5) is 14.9 Å². The van der Waals surface area contributed by atoms with Crippen LogP contribution in [0.5, 0.6) is 11.5 Å². The van der Waals surface area contributed by atoms with E-state index in [4.69, 9.17) is 9.47 Å². The van der Waals surface area contributed by atoms with E-state index in [9.17, 15) is 9.18 Å². The van der Waals surface area contributed by atoms with Gasteiger partial charge in [0.25, 0.3) is 0 Å². The topological polar surface area (TPSA) is 55.7 Å². The van der Waals surface area contributed by atoms with Crippen molar-refractivity contribution in [1.82, 2.24) is 9.47 Å². The number of nitrogens with zero attached hydrogens (tertiary/aromatic N) is 2. The molecule has 1 N–H and O–H groups in total. The van der Waals surface area contributed by atoms with Crippen LogP contribution >= 0.6 is 0 Å². The lowest BCUT2D eigenvalue weighted by molar-refractivity contribution is 0.206. The highest BCUT2D eigenvalue weighted by molar-refractivity contribution is 5.91. The number of nitrogens with one attached hydrogen (secondary N) is 1. The van der Waals surface area contributed by atoms with Crippen molar-refractivity contribution in [2.24, 2.45) is 0 Å². The molecule has 0 unspecified atom stereocenters. The fourth-order valence-corrected chi connectivity index (χ4v) is 3.47. The summed E-state index contributed by atoms with van der Waals surface area (Å²) in [6.07, 6.45) is 3.81. The van der Waals surface area contributed by atoms with Gasteiger partial charge in [0, 0.05) is 31.0 Å². The van der Waals surface area contributed by atoms with Crippen LogP contribution in [0.15, 0.2) is 60.8 Å². The fraction of sp³-hybridized carbons (Fsp3) is 0.320. The third-order valence-corrected chi connectivity index (χ3v) is 5.24. The molecule has 2 aromatic carbocycles. The number of unbranched alkanes of at least 4 members (excludes halogenated alkanes) is 1. The molecule has 1 heterocycles. The number of hydrogen-bond donors (Lipinski definition) is 1. The molecule has 0 aliphatic carbocycles. The Morgan fingerprint density at radius 3 is 2.66 bits per heavy atom. The number of urea groups is 1. The molecule has 170 valence electrons.